The Morgan fingerprint density at radius 1 is 1.20 bits per heavy atom. The van der Waals surface area contributed by atoms with E-state index >= 15 is 0 Å². The Kier molecular flexibility index (Phi) is 3.89. The number of benzene rings is 1. The van der Waals surface area contributed by atoms with E-state index in [2.05, 4.69) is 15.0 Å². The van der Waals surface area contributed by atoms with Crippen molar-refractivity contribution in [2.45, 2.75) is 13.8 Å². The molecule has 0 unspecified atom stereocenters. The van der Waals surface area contributed by atoms with E-state index in [1.54, 1.807) is 30.3 Å². The number of H-pyrrole nitrogens is 1. The molecular formula is C15H16N2O3. The summed E-state index contributed by atoms with van der Waals surface area (Å²) in [6.07, 6.45) is 0. The minimum atomic E-state index is -0.435. The van der Waals surface area contributed by atoms with Crippen LogP contribution in [0.2, 0.25) is 0 Å². The van der Waals surface area contributed by atoms with Gasteiger partial charge in [0.1, 0.15) is 0 Å². The maximum atomic E-state index is 12.2. The van der Waals surface area contributed by atoms with Crippen molar-refractivity contribution in [1.82, 2.24) is 4.98 Å². The number of nitrogens with one attached hydrogen (secondary N) is 2. The molecule has 2 N–H and O–H groups in total. The molecule has 5 nitrogen and oxygen atoms in total. The fraction of sp³-hybridized carbons (Fsp3) is 0.200. The molecule has 0 spiro atoms. The number of aromatic amines is 1. The van der Waals surface area contributed by atoms with Gasteiger partial charge in [0.2, 0.25) is 0 Å². The number of aromatic nitrogens is 1. The Bertz CT molecular complexity index is 659. The lowest BCUT2D eigenvalue weighted by atomic mass is 10.2. The topological polar surface area (TPSA) is 71.2 Å². The molecule has 0 atom stereocenters. The lowest BCUT2D eigenvalue weighted by Crippen LogP contribution is -2.13. The van der Waals surface area contributed by atoms with Gasteiger partial charge in [-0.2, -0.15) is 0 Å². The zero-order chi connectivity index (χ0) is 14.7. The van der Waals surface area contributed by atoms with Crippen molar-refractivity contribution in [2.24, 2.45) is 0 Å². The van der Waals surface area contributed by atoms with Crippen molar-refractivity contribution in [3.63, 3.8) is 0 Å². The van der Waals surface area contributed by atoms with Gasteiger partial charge in [-0.15, -0.1) is 0 Å². The average Bonchev–Trinajstić information content (AvgIpc) is 2.77. The van der Waals surface area contributed by atoms with Gasteiger partial charge in [-0.3, -0.25) is 4.79 Å². The normalized spacial score (nSPS) is 10.2. The van der Waals surface area contributed by atoms with Gasteiger partial charge in [-0.05, 0) is 38.1 Å². The van der Waals surface area contributed by atoms with E-state index < -0.39 is 5.97 Å². The van der Waals surface area contributed by atoms with Crippen molar-refractivity contribution in [1.29, 1.82) is 0 Å². The predicted octanol–water partition coefficient (Wildman–Crippen LogP) is 2.67. The van der Waals surface area contributed by atoms with Gasteiger partial charge in [0.25, 0.3) is 5.91 Å². The van der Waals surface area contributed by atoms with Crippen LogP contribution in [0.4, 0.5) is 5.69 Å². The number of methoxy groups -OCH3 is 1. The molecule has 0 aliphatic carbocycles. The highest BCUT2D eigenvalue weighted by atomic mass is 16.5. The fourth-order valence-corrected chi connectivity index (χ4v) is 2.00. The molecule has 1 amide bonds. The molecule has 0 aliphatic heterocycles. The Morgan fingerprint density at radius 2 is 1.95 bits per heavy atom. The highest BCUT2D eigenvalue weighted by Crippen LogP contribution is 2.15. The van der Waals surface area contributed by atoms with Crippen LogP contribution in [0, 0.1) is 13.8 Å². The number of rotatable bonds is 3. The first kappa shape index (κ1) is 13.9. The second kappa shape index (κ2) is 5.61. The summed E-state index contributed by atoms with van der Waals surface area (Å²) >= 11 is 0. The Hall–Kier alpha value is -2.56. The van der Waals surface area contributed by atoms with E-state index in [1.807, 2.05) is 13.8 Å². The summed E-state index contributed by atoms with van der Waals surface area (Å²) < 4.78 is 4.65. The molecule has 0 bridgehead atoms. The minimum absolute atomic E-state index is 0.214. The Labute approximate surface area is 117 Å². The maximum absolute atomic E-state index is 12.2. The van der Waals surface area contributed by atoms with Gasteiger partial charge in [0, 0.05) is 17.1 Å². The van der Waals surface area contributed by atoms with Gasteiger partial charge in [0.15, 0.2) is 0 Å². The largest absolute Gasteiger partial charge is 0.465 e. The third-order valence-electron chi connectivity index (χ3n) is 2.94. The first-order valence-corrected chi connectivity index (χ1v) is 6.17. The van der Waals surface area contributed by atoms with Crippen molar-refractivity contribution < 1.29 is 14.3 Å². The van der Waals surface area contributed by atoms with Gasteiger partial charge >= 0.3 is 5.97 Å². The predicted molar refractivity (Wildman–Crippen MR) is 76.0 cm³/mol. The molecule has 1 aromatic heterocycles. The molecule has 2 rings (SSSR count). The molecule has 1 heterocycles. The van der Waals surface area contributed by atoms with E-state index in [0.29, 0.717) is 16.8 Å². The molecule has 0 fully saturated rings. The third-order valence-corrected chi connectivity index (χ3v) is 2.94. The van der Waals surface area contributed by atoms with Gasteiger partial charge in [-0.1, -0.05) is 6.07 Å². The van der Waals surface area contributed by atoms with Crippen molar-refractivity contribution in [3.8, 4) is 0 Å². The van der Waals surface area contributed by atoms with Crippen LogP contribution in [0.25, 0.3) is 0 Å². The number of carbonyl (C=O) groups excluding carboxylic acids is 2. The molecule has 2 aromatic rings. The summed E-state index contributed by atoms with van der Waals surface area (Å²) in [6, 6.07) is 8.41. The number of hydrogen-bond donors (Lipinski definition) is 2. The fourth-order valence-electron chi connectivity index (χ4n) is 2.00. The summed E-state index contributed by atoms with van der Waals surface area (Å²) in [4.78, 5) is 26.7. The van der Waals surface area contributed by atoms with E-state index in [4.69, 9.17) is 0 Å². The standard InChI is InChI=1S/C15H16N2O3/c1-9-7-13(10(2)16-9)14(18)17-12-6-4-5-11(8-12)15(19)20-3/h4-8,16H,1-3H3,(H,17,18). The number of carbonyl (C=O) groups is 2. The van der Waals surface area contributed by atoms with Gasteiger partial charge in [0.05, 0.1) is 18.2 Å². The number of aryl methyl sites for hydroxylation is 2. The monoisotopic (exact) mass is 272 g/mol. The lowest BCUT2D eigenvalue weighted by Gasteiger charge is -2.06. The summed E-state index contributed by atoms with van der Waals surface area (Å²) in [5.41, 5.74) is 3.27. The number of hydrogen-bond acceptors (Lipinski definition) is 3. The quantitative estimate of drug-likeness (QED) is 0.844. The van der Waals surface area contributed by atoms with E-state index in [0.717, 1.165) is 11.4 Å². The van der Waals surface area contributed by atoms with Crippen LogP contribution in [0.5, 0.6) is 0 Å². The zero-order valence-corrected chi connectivity index (χ0v) is 11.6. The lowest BCUT2D eigenvalue weighted by molar-refractivity contribution is 0.0600. The van der Waals surface area contributed by atoms with E-state index in [-0.39, 0.29) is 5.91 Å². The first-order chi connectivity index (χ1) is 9.51. The number of esters is 1. The Morgan fingerprint density at radius 3 is 2.55 bits per heavy atom. The summed E-state index contributed by atoms with van der Waals surface area (Å²) in [7, 11) is 1.32. The second-order valence-electron chi connectivity index (χ2n) is 4.52. The summed E-state index contributed by atoms with van der Waals surface area (Å²) in [5, 5.41) is 2.77. The average molecular weight is 272 g/mol. The van der Waals surface area contributed by atoms with Crippen LogP contribution < -0.4 is 5.32 Å². The highest BCUT2D eigenvalue weighted by Gasteiger charge is 2.12. The Balaban J connectivity index is 2.20. The molecule has 0 radical (unpaired) electrons. The molecule has 0 aliphatic rings. The molecule has 1 aromatic carbocycles. The number of anilines is 1. The van der Waals surface area contributed by atoms with Gasteiger partial charge < -0.3 is 15.0 Å². The molecule has 0 saturated heterocycles. The van der Waals surface area contributed by atoms with Crippen LogP contribution >= 0.6 is 0 Å². The van der Waals surface area contributed by atoms with Crippen molar-refractivity contribution in [3.05, 3.63) is 52.8 Å². The van der Waals surface area contributed by atoms with Crippen LogP contribution in [0.1, 0.15) is 32.1 Å². The maximum Gasteiger partial charge on any atom is 0.337 e. The van der Waals surface area contributed by atoms with Crippen LogP contribution in [-0.2, 0) is 4.74 Å². The zero-order valence-electron chi connectivity index (χ0n) is 11.6. The van der Waals surface area contributed by atoms with Crippen molar-refractivity contribution >= 4 is 17.6 Å². The second-order valence-corrected chi connectivity index (χ2v) is 4.52. The molecular weight excluding hydrogens is 256 g/mol. The molecule has 104 valence electrons. The van der Waals surface area contributed by atoms with E-state index in [1.165, 1.54) is 7.11 Å². The number of amides is 1. The number of ether oxygens (including phenoxy) is 1. The van der Waals surface area contributed by atoms with Crippen LogP contribution in [-0.4, -0.2) is 24.0 Å². The molecule has 20 heavy (non-hydrogen) atoms. The smallest absolute Gasteiger partial charge is 0.337 e. The van der Waals surface area contributed by atoms with Crippen LogP contribution in [0.15, 0.2) is 30.3 Å². The summed E-state index contributed by atoms with van der Waals surface area (Å²) in [6.45, 7) is 3.73. The first-order valence-electron chi connectivity index (χ1n) is 6.17. The van der Waals surface area contributed by atoms with Crippen molar-refractivity contribution in [2.75, 3.05) is 12.4 Å². The van der Waals surface area contributed by atoms with Gasteiger partial charge in [-0.25, -0.2) is 4.79 Å². The van der Waals surface area contributed by atoms with E-state index in [9.17, 15) is 9.59 Å². The SMILES string of the molecule is COC(=O)c1cccc(NC(=O)c2cc(C)[nH]c2C)c1. The van der Waals surface area contributed by atoms with Crippen LogP contribution in [0.3, 0.4) is 0 Å². The highest BCUT2D eigenvalue weighted by molar-refractivity contribution is 6.05. The third kappa shape index (κ3) is 2.88. The summed E-state index contributed by atoms with van der Waals surface area (Å²) in [5.74, 6) is -0.649. The molecule has 0 saturated carbocycles. The molecule has 5 heteroatoms. The minimum Gasteiger partial charge on any atom is -0.465 e.